The monoisotopic (exact) mass is 409 g/mol. The molecule has 0 aliphatic heterocycles. The number of carbonyl (C=O) groups is 1. The Bertz CT molecular complexity index is 1020. The van der Waals surface area contributed by atoms with Gasteiger partial charge in [0.25, 0.3) is 11.4 Å². The lowest BCUT2D eigenvalue weighted by atomic mass is 10.1. The average Bonchev–Trinajstić information content (AvgIpc) is 2.65. The van der Waals surface area contributed by atoms with Gasteiger partial charge in [0.1, 0.15) is 6.04 Å². The molecule has 0 bridgehead atoms. The summed E-state index contributed by atoms with van der Waals surface area (Å²) in [5.41, 5.74) is -0.689. The van der Waals surface area contributed by atoms with Gasteiger partial charge >= 0.3 is 5.97 Å². The van der Waals surface area contributed by atoms with Crippen molar-refractivity contribution in [3.63, 3.8) is 0 Å². The first kappa shape index (κ1) is 20.9. The van der Waals surface area contributed by atoms with E-state index < -0.39 is 38.4 Å². The number of carboxylic acids is 1. The third-order valence-corrected chi connectivity index (χ3v) is 5.89. The zero-order valence-electron chi connectivity index (χ0n) is 14.5. The standard InChI is InChI=1S/C16H15N3O8S/c1-11(16(20)21)17(10-12-4-2-3-5-15(12)19(24)25)28(26,27)14-8-6-13(7-9-14)18(22)23/h2-9,11H,10H2,1H3,(H,20,21)/t11-/m0/s1. The van der Waals surface area contributed by atoms with Crippen LogP contribution in [0.4, 0.5) is 11.4 Å². The maximum absolute atomic E-state index is 13.0. The van der Waals surface area contributed by atoms with Crippen molar-refractivity contribution >= 4 is 27.4 Å². The summed E-state index contributed by atoms with van der Waals surface area (Å²) in [6, 6.07) is 7.73. The largest absolute Gasteiger partial charge is 0.480 e. The Kier molecular flexibility index (Phi) is 6.06. The minimum Gasteiger partial charge on any atom is -0.480 e. The molecule has 0 heterocycles. The first-order chi connectivity index (χ1) is 13.1. The number of nitro benzene ring substituents is 2. The Labute approximate surface area is 159 Å². The molecule has 2 rings (SSSR count). The van der Waals surface area contributed by atoms with Crippen molar-refractivity contribution < 1.29 is 28.2 Å². The molecule has 1 N–H and O–H groups in total. The highest BCUT2D eigenvalue weighted by molar-refractivity contribution is 7.89. The van der Waals surface area contributed by atoms with Crippen molar-refractivity contribution in [3.8, 4) is 0 Å². The van der Waals surface area contributed by atoms with Crippen LogP contribution in [0.25, 0.3) is 0 Å². The van der Waals surface area contributed by atoms with Crippen LogP contribution < -0.4 is 0 Å². The van der Waals surface area contributed by atoms with Crippen LogP contribution in [-0.2, 0) is 21.4 Å². The molecule has 12 heteroatoms. The number of benzene rings is 2. The van der Waals surface area contributed by atoms with Crippen LogP contribution in [0.5, 0.6) is 0 Å². The predicted molar refractivity (Wildman–Crippen MR) is 96.0 cm³/mol. The van der Waals surface area contributed by atoms with E-state index in [9.17, 15) is 38.5 Å². The van der Waals surface area contributed by atoms with Crippen molar-refractivity contribution in [2.24, 2.45) is 0 Å². The minimum absolute atomic E-state index is 0.00564. The number of aliphatic carboxylic acids is 1. The van der Waals surface area contributed by atoms with Gasteiger partial charge in [-0.25, -0.2) is 8.42 Å². The van der Waals surface area contributed by atoms with Crippen LogP contribution in [0.3, 0.4) is 0 Å². The molecule has 1 atom stereocenters. The lowest BCUT2D eigenvalue weighted by Gasteiger charge is -2.25. The zero-order chi connectivity index (χ0) is 21.1. The van der Waals surface area contributed by atoms with E-state index in [1.54, 1.807) is 0 Å². The van der Waals surface area contributed by atoms with Gasteiger partial charge in [0, 0.05) is 30.3 Å². The molecule has 11 nitrogen and oxygen atoms in total. The highest BCUT2D eigenvalue weighted by Crippen LogP contribution is 2.26. The molecule has 0 fully saturated rings. The molecule has 0 radical (unpaired) electrons. The Morgan fingerprint density at radius 3 is 2.14 bits per heavy atom. The molecular weight excluding hydrogens is 394 g/mol. The summed E-state index contributed by atoms with van der Waals surface area (Å²) < 4.78 is 26.5. The van der Waals surface area contributed by atoms with Crippen LogP contribution in [0.1, 0.15) is 12.5 Å². The summed E-state index contributed by atoms with van der Waals surface area (Å²) in [5.74, 6) is -1.45. The SMILES string of the molecule is C[C@@H](C(=O)O)N(Cc1ccccc1[N+](=O)[O-])S(=O)(=O)c1ccc([N+](=O)[O-])cc1. The smallest absolute Gasteiger partial charge is 0.321 e. The van der Waals surface area contributed by atoms with Crippen LogP contribution >= 0.6 is 0 Å². The molecular formula is C16H15N3O8S. The summed E-state index contributed by atoms with van der Waals surface area (Å²) in [6.07, 6.45) is 0. The quantitative estimate of drug-likeness (QED) is 0.512. The Balaban J connectivity index is 2.52. The van der Waals surface area contributed by atoms with E-state index in [2.05, 4.69) is 0 Å². The van der Waals surface area contributed by atoms with Gasteiger partial charge in [-0.05, 0) is 19.1 Å². The maximum Gasteiger partial charge on any atom is 0.321 e. The summed E-state index contributed by atoms with van der Waals surface area (Å²) in [4.78, 5) is 31.6. The lowest BCUT2D eigenvalue weighted by molar-refractivity contribution is -0.385. The number of nitrogens with zero attached hydrogens (tertiary/aromatic N) is 3. The fourth-order valence-electron chi connectivity index (χ4n) is 2.42. The Morgan fingerprint density at radius 2 is 1.64 bits per heavy atom. The van der Waals surface area contributed by atoms with Crippen molar-refractivity contribution in [2.75, 3.05) is 0 Å². The van der Waals surface area contributed by atoms with E-state index >= 15 is 0 Å². The van der Waals surface area contributed by atoms with Gasteiger partial charge in [0.15, 0.2) is 0 Å². The maximum atomic E-state index is 13.0. The second-order valence-corrected chi connectivity index (χ2v) is 7.59. The topological polar surface area (TPSA) is 161 Å². The average molecular weight is 409 g/mol. The zero-order valence-corrected chi connectivity index (χ0v) is 15.3. The lowest BCUT2D eigenvalue weighted by Crippen LogP contribution is -2.42. The predicted octanol–water partition coefficient (Wildman–Crippen LogP) is 2.17. The molecule has 2 aromatic carbocycles. The van der Waals surface area contributed by atoms with Gasteiger partial charge in [-0.3, -0.25) is 25.0 Å². The third kappa shape index (κ3) is 4.29. The van der Waals surface area contributed by atoms with E-state index in [1.165, 1.54) is 24.3 Å². The van der Waals surface area contributed by atoms with E-state index in [-0.39, 0.29) is 21.8 Å². The number of nitro groups is 2. The van der Waals surface area contributed by atoms with Gasteiger partial charge in [-0.15, -0.1) is 0 Å². The van der Waals surface area contributed by atoms with Crippen LogP contribution in [-0.4, -0.2) is 39.7 Å². The first-order valence-electron chi connectivity index (χ1n) is 7.77. The van der Waals surface area contributed by atoms with Gasteiger partial charge in [-0.1, -0.05) is 18.2 Å². The summed E-state index contributed by atoms with van der Waals surface area (Å²) in [5, 5.41) is 31.2. The molecule has 0 aliphatic carbocycles. The summed E-state index contributed by atoms with van der Waals surface area (Å²) >= 11 is 0. The molecule has 0 aromatic heterocycles. The summed E-state index contributed by atoms with van der Waals surface area (Å²) in [6.45, 7) is 0.560. The molecule has 0 amide bonds. The van der Waals surface area contributed by atoms with Crippen LogP contribution in [0.15, 0.2) is 53.4 Å². The molecule has 0 aliphatic rings. The fraction of sp³-hybridized carbons (Fsp3) is 0.188. The van der Waals surface area contributed by atoms with E-state index in [1.807, 2.05) is 0 Å². The Hall–Kier alpha value is -3.38. The number of rotatable bonds is 8. The molecule has 0 saturated carbocycles. The highest BCUT2D eigenvalue weighted by Gasteiger charge is 2.34. The first-order valence-corrected chi connectivity index (χ1v) is 9.21. The van der Waals surface area contributed by atoms with Gasteiger partial charge in [0.2, 0.25) is 10.0 Å². The van der Waals surface area contributed by atoms with Gasteiger partial charge < -0.3 is 5.11 Å². The Morgan fingerprint density at radius 1 is 1.07 bits per heavy atom. The van der Waals surface area contributed by atoms with E-state index in [0.717, 1.165) is 31.2 Å². The molecule has 148 valence electrons. The van der Waals surface area contributed by atoms with E-state index in [4.69, 9.17) is 0 Å². The fourth-order valence-corrected chi connectivity index (χ4v) is 3.99. The molecule has 0 unspecified atom stereocenters. The number of non-ortho nitro benzene ring substituents is 1. The third-order valence-electron chi connectivity index (χ3n) is 3.96. The molecule has 2 aromatic rings. The van der Waals surface area contributed by atoms with Gasteiger partial charge in [-0.2, -0.15) is 4.31 Å². The number of carboxylic acid groups (broad SMARTS) is 1. The second kappa shape index (κ2) is 8.10. The van der Waals surface area contributed by atoms with Crippen molar-refractivity contribution in [1.82, 2.24) is 4.31 Å². The number of sulfonamides is 1. The number of hydrogen-bond donors (Lipinski definition) is 1. The van der Waals surface area contributed by atoms with Crippen molar-refractivity contribution in [2.45, 2.75) is 24.4 Å². The van der Waals surface area contributed by atoms with Gasteiger partial charge in [0.05, 0.1) is 14.7 Å². The van der Waals surface area contributed by atoms with Crippen LogP contribution in [0.2, 0.25) is 0 Å². The molecule has 0 saturated heterocycles. The molecule has 0 spiro atoms. The normalized spacial score (nSPS) is 12.5. The highest BCUT2D eigenvalue weighted by atomic mass is 32.2. The number of para-hydroxylation sites is 1. The summed E-state index contributed by atoms with van der Waals surface area (Å²) in [7, 11) is -4.42. The molecule has 28 heavy (non-hydrogen) atoms. The van der Waals surface area contributed by atoms with Crippen LogP contribution in [0, 0.1) is 20.2 Å². The minimum atomic E-state index is -4.42. The van der Waals surface area contributed by atoms with Crippen molar-refractivity contribution in [3.05, 3.63) is 74.3 Å². The number of hydrogen-bond acceptors (Lipinski definition) is 7. The second-order valence-electron chi connectivity index (χ2n) is 5.70. The van der Waals surface area contributed by atoms with Crippen molar-refractivity contribution in [1.29, 1.82) is 0 Å². The van der Waals surface area contributed by atoms with E-state index in [0.29, 0.717) is 4.31 Å².